The lowest BCUT2D eigenvalue weighted by Gasteiger charge is -2.14. The molecule has 4 nitrogen and oxygen atoms in total. The first kappa shape index (κ1) is 12.2. The Morgan fingerprint density at radius 2 is 2.00 bits per heavy atom. The number of rotatable bonds is 4. The van der Waals surface area contributed by atoms with Gasteiger partial charge in [-0.25, -0.2) is 0 Å². The van der Waals surface area contributed by atoms with Crippen molar-refractivity contribution in [3.05, 3.63) is 11.6 Å². The number of hydrogen-bond acceptors (Lipinski definition) is 4. The van der Waals surface area contributed by atoms with E-state index in [0.29, 0.717) is 29.4 Å². The zero-order valence-corrected chi connectivity index (χ0v) is 10.8. The fraction of sp³-hybridized carbons (Fsp3) is 0.500. The van der Waals surface area contributed by atoms with Crippen LogP contribution in [-0.4, -0.2) is 26.4 Å². The molecular weight excluding hydrogens is 244 g/mol. The molecule has 0 bridgehead atoms. The summed E-state index contributed by atoms with van der Waals surface area (Å²) in [7, 11) is 3.20. The van der Waals surface area contributed by atoms with Gasteiger partial charge in [0, 0.05) is 10.9 Å². The molecule has 0 fully saturated rings. The molecule has 0 amide bonds. The first-order valence-corrected chi connectivity index (χ1v) is 5.78. The van der Waals surface area contributed by atoms with Gasteiger partial charge < -0.3 is 18.9 Å². The van der Waals surface area contributed by atoms with Crippen LogP contribution < -0.4 is 18.9 Å². The highest BCUT2D eigenvalue weighted by Gasteiger charge is 2.27. The molecule has 1 unspecified atom stereocenters. The van der Waals surface area contributed by atoms with Crippen molar-refractivity contribution in [2.24, 2.45) is 0 Å². The van der Waals surface area contributed by atoms with Crippen LogP contribution in [-0.2, 0) is 6.42 Å². The fourth-order valence-corrected chi connectivity index (χ4v) is 2.06. The van der Waals surface area contributed by atoms with E-state index in [4.69, 9.17) is 30.5 Å². The van der Waals surface area contributed by atoms with Crippen molar-refractivity contribution >= 4 is 11.6 Å². The van der Waals surface area contributed by atoms with Crippen LogP contribution in [0.3, 0.4) is 0 Å². The van der Waals surface area contributed by atoms with Gasteiger partial charge in [0.15, 0.2) is 11.5 Å². The standard InChI is InChI=1S/C12H15ClO4/c1-7(13)4-8-5-9(14-2)11-12(10(8)15-3)17-6-16-11/h5,7H,4,6H2,1-3H3. The van der Waals surface area contributed by atoms with Crippen molar-refractivity contribution < 1.29 is 18.9 Å². The van der Waals surface area contributed by atoms with Gasteiger partial charge in [-0.15, -0.1) is 11.6 Å². The topological polar surface area (TPSA) is 36.9 Å². The summed E-state index contributed by atoms with van der Waals surface area (Å²) >= 11 is 6.02. The molecule has 0 N–H and O–H groups in total. The Morgan fingerprint density at radius 1 is 1.29 bits per heavy atom. The molecule has 0 aliphatic carbocycles. The van der Waals surface area contributed by atoms with Crippen LogP contribution in [0.2, 0.25) is 0 Å². The highest BCUT2D eigenvalue weighted by molar-refractivity contribution is 6.20. The second kappa shape index (κ2) is 4.92. The molecule has 1 aromatic rings. The van der Waals surface area contributed by atoms with E-state index in [0.717, 1.165) is 5.56 Å². The third-order valence-corrected chi connectivity index (χ3v) is 2.72. The lowest BCUT2D eigenvalue weighted by atomic mass is 10.1. The number of benzene rings is 1. The smallest absolute Gasteiger partial charge is 0.231 e. The third kappa shape index (κ3) is 2.22. The van der Waals surface area contributed by atoms with Gasteiger partial charge >= 0.3 is 0 Å². The summed E-state index contributed by atoms with van der Waals surface area (Å²) in [5.74, 6) is 2.51. The summed E-state index contributed by atoms with van der Waals surface area (Å²) in [5.41, 5.74) is 0.955. The average Bonchev–Trinajstić information content (AvgIpc) is 2.76. The normalized spacial score (nSPS) is 14.6. The molecule has 0 spiro atoms. The Kier molecular flexibility index (Phi) is 3.52. The molecule has 1 aromatic carbocycles. The molecule has 1 aliphatic rings. The van der Waals surface area contributed by atoms with E-state index >= 15 is 0 Å². The largest absolute Gasteiger partial charge is 0.493 e. The van der Waals surface area contributed by atoms with Gasteiger partial charge in [0.05, 0.1) is 14.2 Å². The monoisotopic (exact) mass is 258 g/mol. The fourth-order valence-electron chi connectivity index (χ4n) is 1.90. The Bertz CT molecular complexity index is 417. The van der Waals surface area contributed by atoms with Crippen LogP contribution in [0.15, 0.2) is 6.07 Å². The van der Waals surface area contributed by atoms with Crippen LogP contribution in [0, 0.1) is 0 Å². The number of hydrogen-bond donors (Lipinski definition) is 0. The summed E-state index contributed by atoms with van der Waals surface area (Å²) < 4.78 is 21.4. The highest BCUT2D eigenvalue weighted by Crippen LogP contribution is 2.49. The van der Waals surface area contributed by atoms with Gasteiger partial charge in [-0.05, 0) is 19.4 Å². The minimum Gasteiger partial charge on any atom is -0.493 e. The molecule has 5 heteroatoms. The van der Waals surface area contributed by atoms with Crippen LogP contribution in [0.1, 0.15) is 12.5 Å². The summed E-state index contributed by atoms with van der Waals surface area (Å²) in [4.78, 5) is 0. The highest BCUT2D eigenvalue weighted by atomic mass is 35.5. The van der Waals surface area contributed by atoms with Gasteiger partial charge in [0.25, 0.3) is 0 Å². The Hall–Kier alpha value is -1.29. The first-order chi connectivity index (χ1) is 8.17. The van der Waals surface area contributed by atoms with Gasteiger partial charge in [0.2, 0.25) is 18.3 Å². The van der Waals surface area contributed by atoms with Gasteiger partial charge in [-0.3, -0.25) is 0 Å². The van der Waals surface area contributed by atoms with Crippen LogP contribution >= 0.6 is 11.6 Å². The summed E-state index contributed by atoms with van der Waals surface area (Å²) in [6.45, 7) is 2.11. The maximum absolute atomic E-state index is 6.02. The number of ether oxygens (including phenoxy) is 4. The summed E-state index contributed by atoms with van der Waals surface area (Å²) in [6.07, 6.45) is 0.678. The van der Waals surface area contributed by atoms with E-state index in [1.807, 2.05) is 13.0 Å². The molecule has 2 rings (SSSR count). The molecule has 0 saturated carbocycles. The van der Waals surface area contributed by atoms with E-state index < -0.39 is 0 Å². The lowest BCUT2D eigenvalue weighted by molar-refractivity contribution is 0.168. The van der Waals surface area contributed by atoms with E-state index in [-0.39, 0.29) is 12.2 Å². The number of methoxy groups -OCH3 is 2. The molecule has 1 aliphatic heterocycles. The molecule has 0 saturated heterocycles. The van der Waals surface area contributed by atoms with Gasteiger partial charge in [-0.2, -0.15) is 0 Å². The van der Waals surface area contributed by atoms with Crippen LogP contribution in [0.25, 0.3) is 0 Å². The number of halogens is 1. The van der Waals surface area contributed by atoms with E-state index in [1.165, 1.54) is 0 Å². The quantitative estimate of drug-likeness (QED) is 0.778. The molecule has 1 heterocycles. The zero-order chi connectivity index (χ0) is 12.4. The minimum atomic E-state index is 0.00831. The second-order valence-corrected chi connectivity index (χ2v) is 4.57. The van der Waals surface area contributed by atoms with E-state index in [9.17, 15) is 0 Å². The number of fused-ring (bicyclic) bond motifs is 1. The van der Waals surface area contributed by atoms with Crippen molar-refractivity contribution in [2.75, 3.05) is 21.0 Å². The van der Waals surface area contributed by atoms with Crippen LogP contribution in [0.4, 0.5) is 0 Å². The minimum absolute atomic E-state index is 0.00831. The zero-order valence-electron chi connectivity index (χ0n) is 10.1. The van der Waals surface area contributed by atoms with Crippen LogP contribution in [0.5, 0.6) is 23.0 Å². The number of alkyl halides is 1. The van der Waals surface area contributed by atoms with Gasteiger partial charge in [0.1, 0.15) is 0 Å². The molecule has 94 valence electrons. The lowest BCUT2D eigenvalue weighted by Crippen LogP contribution is -2.02. The van der Waals surface area contributed by atoms with Crippen molar-refractivity contribution in [3.63, 3.8) is 0 Å². The Balaban J connectivity index is 2.51. The van der Waals surface area contributed by atoms with Gasteiger partial charge in [-0.1, -0.05) is 0 Å². The average molecular weight is 259 g/mol. The second-order valence-electron chi connectivity index (χ2n) is 3.82. The molecular formula is C12H15ClO4. The molecule has 0 aromatic heterocycles. The van der Waals surface area contributed by atoms with Crippen molar-refractivity contribution in [1.82, 2.24) is 0 Å². The van der Waals surface area contributed by atoms with E-state index in [2.05, 4.69) is 0 Å². The predicted octanol–water partition coefficient (Wildman–Crippen LogP) is 2.60. The Labute approximate surface area is 105 Å². The maximum Gasteiger partial charge on any atom is 0.231 e. The summed E-state index contributed by atoms with van der Waals surface area (Å²) in [5, 5.41) is 0.00831. The van der Waals surface area contributed by atoms with Crippen molar-refractivity contribution in [3.8, 4) is 23.0 Å². The van der Waals surface area contributed by atoms with Crippen molar-refractivity contribution in [1.29, 1.82) is 0 Å². The SMILES string of the molecule is COc1cc(CC(C)Cl)c(OC)c2c1OCO2. The first-order valence-electron chi connectivity index (χ1n) is 5.35. The predicted molar refractivity (Wildman–Crippen MR) is 64.7 cm³/mol. The molecule has 17 heavy (non-hydrogen) atoms. The van der Waals surface area contributed by atoms with Crippen molar-refractivity contribution in [2.45, 2.75) is 18.7 Å². The Morgan fingerprint density at radius 3 is 2.59 bits per heavy atom. The third-order valence-electron chi connectivity index (χ3n) is 2.56. The summed E-state index contributed by atoms with van der Waals surface area (Å²) in [6, 6.07) is 1.88. The molecule has 0 radical (unpaired) electrons. The maximum atomic E-state index is 6.02. The van der Waals surface area contributed by atoms with E-state index in [1.54, 1.807) is 14.2 Å². The molecule has 1 atom stereocenters.